The minimum absolute atomic E-state index is 0.0958. The first-order valence-corrected chi connectivity index (χ1v) is 7.82. The number of furan rings is 1. The van der Waals surface area contributed by atoms with Crippen LogP contribution in [0.3, 0.4) is 0 Å². The highest BCUT2D eigenvalue weighted by molar-refractivity contribution is 5.91. The van der Waals surface area contributed by atoms with Crippen LogP contribution in [0.15, 0.2) is 71.3 Å². The van der Waals surface area contributed by atoms with Gasteiger partial charge in [0, 0.05) is 6.07 Å². The fraction of sp³-hybridized carbons (Fsp3) is 0.100. The molecule has 126 valence electrons. The van der Waals surface area contributed by atoms with Crippen LogP contribution in [0.4, 0.5) is 0 Å². The summed E-state index contributed by atoms with van der Waals surface area (Å²) in [6.45, 7) is 2.04. The van der Waals surface area contributed by atoms with E-state index >= 15 is 0 Å². The lowest BCUT2D eigenvalue weighted by atomic mass is 10.1. The van der Waals surface area contributed by atoms with Gasteiger partial charge in [-0.25, -0.2) is 9.59 Å². The van der Waals surface area contributed by atoms with Crippen molar-refractivity contribution in [2.45, 2.75) is 13.3 Å². The van der Waals surface area contributed by atoms with Gasteiger partial charge in [-0.05, 0) is 48.4 Å². The number of ether oxygens (including phenoxy) is 2. The molecule has 3 rings (SSSR count). The van der Waals surface area contributed by atoms with E-state index in [-0.39, 0.29) is 17.3 Å². The number of aryl methyl sites for hydroxylation is 1. The van der Waals surface area contributed by atoms with E-state index in [0.717, 1.165) is 12.0 Å². The van der Waals surface area contributed by atoms with Crippen LogP contribution in [-0.4, -0.2) is 11.9 Å². The molecule has 0 aliphatic heterocycles. The van der Waals surface area contributed by atoms with Crippen molar-refractivity contribution < 1.29 is 23.5 Å². The van der Waals surface area contributed by atoms with E-state index in [1.54, 1.807) is 36.4 Å². The molecule has 1 aromatic heterocycles. The fourth-order valence-corrected chi connectivity index (χ4v) is 2.20. The molecule has 3 aromatic rings. The Morgan fingerprint density at radius 3 is 2.16 bits per heavy atom. The van der Waals surface area contributed by atoms with Gasteiger partial charge in [-0.1, -0.05) is 25.1 Å². The molecule has 0 aliphatic carbocycles. The normalized spacial score (nSPS) is 10.3. The molecule has 0 amide bonds. The van der Waals surface area contributed by atoms with Gasteiger partial charge in [0.15, 0.2) is 0 Å². The Kier molecular flexibility index (Phi) is 4.95. The summed E-state index contributed by atoms with van der Waals surface area (Å²) in [6, 6.07) is 16.6. The van der Waals surface area contributed by atoms with Crippen LogP contribution >= 0.6 is 0 Å². The van der Waals surface area contributed by atoms with Gasteiger partial charge in [-0.3, -0.25) is 0 Å². The van der Waals surface area contributed by atoms with Crippen molar-refractivity contribution in [1.82, 2.24) is 0 Å². The van der Waals surface area contributed by atoms with Gasteiger partial charge in [0.05, 0.1) is 11.8 Å². The lowest BCUT2D eigenvalue weighted by molar-refractivity contribution is 0.0701. The summed E-state index contributed by atoms with van der Waals surface area (Å²) < 4.78 is 15.5. The Labute approximate surface area is 144 Å². The van der Waals surface area contributed by atoms with Gasteiger partial charge in [0.2, 0.25) is 5.76 Å². The SMILES string of the molecule is CCc1ccc(C(=O)Oc2cccc(OC(=O)c3ccco3)c2)cc1. The Bertz CT molecular complexity index is 863. The first-order valence-electron chi connectivity index (χ1n) is 7.82. The molecule has 0 atom stereocenters. The second-order valence-corrected chi connectivity index (χ2v) is 5.28. The zero-order chi connectivity index (χ0) is 17.6. The van der Waals surface area contributed by atoms with Gasteiger partial charge in [0.1, 0.15) is 11.5 Å². The topological polar surface area (TPSA) is 65.7 Å². The molecule has 0 radical (unpaired) electrons. The third-order valence-corrected chi connectivity index (χ3v) is 3.55. The van der Waals surface area contributed by atoms with Crippen molar-refractivity contribution in [3.05, 3.63) is 83.8 Å². The third-order valence-electron chi connectivity index (χ3n) is 3.55. The van der Waals surface area contributed by atoms with Gasteiger partial charge < -0.3 is 13.9 Å². The molecule has 0 bridgehead atoms. The van der Waals surface area contributed by atoms with Crippen molar-refractivity contribution in [3.8, 4) is 11.5 Å². The lowest BCUT2D eigenvalue weighted by Crippen LogP contribution is -2.09. The highest BCUT2D eigenvalue weighted by Crippen LogP contribution is 2.21. The molecule has 25 heavy (non-hydrogen) atoms. The van der Waals surface area contributed by atoms with Crippen LogP contribution in [-0.2, 0) is 6.42 Å². The number of benzene rings is 2. The number of hydrogen-bond donors (Lipinski definition) is 0. The highest BCUT2D eigenvalue weighted by Gasteiger charge is 2.13. The molecule has 1 heterocycles. The molecule has 2 aromatic carbocycles. The van der Waals surface area contributed by atoms with Crippen molar-refractivity contribution in [1.29, 1.82) is 0 Å². The molecule has 0 N–H and O–H groups in total. The maximum absolute atomic E-state index is 12.2. The van der Waals surface area contributed by atoms with Gasteiger partial charge in [0.25, 0.3) is 0 Å². The number of hydrogen-bond acceptors (Lipinski definition) is 5. The summed E-state index contributed by atoms with van der Waals surface area (Å²) in [4.78, 5) is 24.1. The summed E-state index contributed by atoms with van der Waals surface area (Å²) in [5.74, 6) is -0.457. The molecule has 0 unspecified atom stereocenters. The summed E-state index contributed by atoms with van der Waals surface area (Å²) in [6.07, 6.45) is 2.29. The quantitative estimate of drug-likeness (QED) is 0.514. The van der Waals surface area contributed by atoms with Crippen molar-refractivity contribution in [2.75, 3.05) is 0 Å². The van der Waals surface area contributed by atoms with E-state index in [1.165, 1.54) is 18.4 Å². The molecular weight excluding hydrogens is 320 g/mol. The largest absolute Gasteiger partial charge is 0.457 e. The molecule has 0 aliphatic rings. The van der Waals surface area contributed by atoms with Crippen molar-refractivity contribution in [2.24, 2.45) is 0 Å². The lowest BCUT2D eigenvalue weighted by Gasteiger charge is -2.07. The van der Waals surface area contributed by atoms with E-state index in [4.69, 9.17) is 13.9 Å². The Balaban J connectivity index is 1.68. The van der Waals surface area contributed by atoms with Crippen LogP contribution in [0.5, 0.6) is 11.5 Å². The van der Waals surface area contributed by atoms with Gasteiger partial charge >= 0.3 is 11.9 Å². The Morgan fingerprint density at radius 1 is 0.880 bits per heavy atom. The maximum atomic E-state index is 12.2. The minimum atomic E-state index is -0.622. The van der Waals surface area contributed by atoms with Crippen LogP contribution < -0.4 is 9.47 Å². The zero-order valence-corrected chi connectivity index (χ0v) is 13.6. The van der Waals surface area contributed by atoms with Gasteiger partial charge in [-0.15, -0.1) is 0 Å². The second kappa shape index (κ2) is 7.49. The monoisotopic (exact) mass is 336 g/mol. The number of esters is 2. The average molecular weight is 336 g/mol. The molecule has 0 fully saturated rings. The molecule has 0 saturated heterocycles. The van der Waals surface area contributed by atoms with Crippen LogP contribution in [0.25, 0.3) is 0 Å². The average Bonchev–Trinajstić information content (AvgIpc) is 3.17. The van der Waals surface area contributed by atoms with Crippen molar-refractivity contribution in [3.63, 3.8) is 0 Å². The summed E-state index contributed by atoms with van der Waals surface area (Å²) in [5, 5.41) is 0. The summed E-state index contributed by atoms with van der Waals surface area (Å²) in [7, 11) is 0. The van der Waals surface area contributed by atoms with Crippen LogP contribution in [0, 0.1) is 0 Å². The van der Waals surface area contributed by atoms with E-state index in [2.05, 4.69) is 0 Å². The maximum Gasteiger partial charge on any atom is 0.379 e. The van der Waals surface area contributed by atoms with E-state index < -0.39 is 11.9 Å². The first-order chi connectivity index (χ1) is 12.2. The minimum Gasteiger partial charge on any atom is -0.457 e. The Morgan fingerprint density at radius 2 is 1.56 bits per heavy atom. The molecular formula is C20H16O5. The predicted molar refractivity (Wildman–Crippen MR) is 90.9 cm³/mol. The summed E-state index contributed by atoms with van der Waals surface area (Å²) >= 11 is 0. The predicted octanol–water partition coefficient (Wildman–Crippen LogP) is 4.28. The second-order valence-electron chi connectivity index (χ2n) is 5.28. The molecule has 0 saturated carbocycles. The van der Waals surface area contributed by atoms with Crippen LogP contribution in [0.1, 0.15) is 33.4 Å². The van der Waals surface area contributed by atoms with Crippen molar-refractivity contribution >= 4 is 11.9 Å². The van der Waals surface area contributed by atoms with E-state index in [0.29, 0.717) is 5.56 Å². The number of rotatable bonds is 5. The zero-order valence-electron chi connectivity index (χ0n) is 13.6. The number of carbonyl (C=O) groups excluding carboxylic acids is 2. The van der Waals surface area contributed by atoms with Gasteiger partial charge in [-0.2, -0.15) is 0 Å². The number of carbonyl (C=O) groups is 2. The fourth-order valence-electron chi connectivity index (χ4n) is 2.20. The van der Waals surface area contributed by atoms with E-state index in [9.17, 15) is 9.59 Å². The first kappa shape index (κ1) is 16.5. The van der Waals surface area contributed by atoms with E-state index in [1.807, 2.05) is 19.1 Å². The third kappa shape index (κ3) is 4.14. The summed E-state index contributed by atoms with van der Waals surface area (Å²) in [5.41, 5.74) is 1.60. The molecule has 5 nitrogen and oxygen atoms in total. The highest BCUT2D eigenvalue weighted by atomic mass is 16.6. The van der Waals surface area contributed by atoms with Crippen LogP contribution in [0.2, 0.25) is 0 Å². The smallest absolute Gasteiger partial charge is 0.379 e. The standard InChI is InChI=1S/C20H16O5/c1-2-14-8-10-15(11-9-14)19(21)24-16-5-3-6-17(13-16)25-20(22)18-7-4-12-23-18/h3-13H,2H2,1H3. The Hall–Kier alpha value is -3.34. The molecule has 5 heteroatoms. The molecule has 0 spiro atoms.